The maximum atomic E-state index is 12.4. The Morgan fingerprint density at radius 1 is 1.18 bits per heavy atom. The summed E-state index contributed by atoms with van der Waals surface area (Å²) in [4.78, 5) is 0. The van der Waals surface area contributed by atoms with Crippen molar-refractivity contribution in [3.8, 4) is 0 Å². The Labute approximate surface area is 65.9 Å². The first-order chi connectivity index (χ1) is 5.22. The van der Waals surface area contributed by atoms with Gasteiger partial charge in [0.15, 0.2) is 0 Å². The molecule has 5 heteroatoms. The molecule has 2 nitrogen and oxygen atoms in total. The van der Waals surface area contributed by atoms with Crippen molar-refractivity contribution < 1.29 is 13.0 Å². The second-order valence-electron chi connectivity index (χ2n) is 1.84. The van der Waals surface area contributed by atoms with E-state index in [9.17, 15) is 13.0 Å². The van der Waals surface area contributed by atoms with Gasteiger partial charge in [-0.05, 0) is 0 Å². The second-order valence-corrected chi connectivity index (χ2v) is 2.21. The van der Waals surface area contributed by atoms with Gasteiger partial charge >= 0.3 is 11.9 Å². The molecule has 0 aliphatic carbocycles. The first-order valence-electron chi connectivity index (χ1n) is 2.73. The molecule has 0 fully saturated rings. The Morgan fingerprint density at radius 3 is 2.18 bits per heavy atom. The number of nitrogens with one attached hydrogen (secondary N) is 1. The van der Waals surface area contributed by atoms with Gasteiger partial charge in [0.25, 0.3) is 0 Å². The number of benzene rings is 1. The summed E-state index contributed by atoms with van der Waals surface area (Å²) in [6, 6.07) is 2.81. The van der Waals surface area contributed by atoms with E-state index in [0.717, 1.165) is 18.2 Å². The zero-order chi connectivity index (χ0) is 8.27. The van der Waals surface area contributed by atoms with Gasteiger partial charge in [-0.1, -0.05) is 4.72 Å². The van der Waals surface area contributed by atoms with Crippen LogP contribution in [0.25, 0.3) is 0 Å². The number of halogens is 2. The molecule has 0 spiro atoms. The third-order valence-electron chi connectivity index (χ3n) is 1.02. The number of rotatable bonds is 2. The molecule has 58 valence electrons. The van der Waals surface area contributed by atoms with Crippen molar-refractivity contribution in [2.24, 2.45) is 0 Å². The minimum atomic E-state index is -0.707. The van der Waals surface area contributed by atoms with Crippen LogP contribution in [0.2, 0.25) is 0 Å². The maximum absolute atomic E-state index is 12.4. The third-order valence-corrected chi connectivity index (χ3v) is 1.34. The summed E-state index contributed by atoms with van der Waals surface area (Å²) in [7, 11) is 0. The molecule has 11 heavy (non-hydrogen) atoms. The molecule has 0 atom stereocenters. The lowest BCUT2D eigenvalue weighted by molar-refractivity contribution is 0.584. The normalized spacial score (nSPS) is 9.27. The summed E-state index contributed by atoms with van der Waals surface area (Å²) in [6.07, 6.45) is 0. The van der Waals surface area contributed by atoms with E-state index >= 15 is 0 Å². The van der Waals surface area contributed by atoms with Crippen molar-refractivity contribution in [1.82, 2.24) is 0 Å². The van der Waals surface area contributed by atoms with Gasteiger partial charge in [-0.25, -0.2) is 8.78 Å². The fraction of sp³-hybridized carbons (Fsp3) is 0. The Bertz CT molecular complexity index is 259. The zero-order valence-corrected chi connectivity index (χ0v) is 6.12. The lowest BCUT2D eigenvalue weighted by atomic mass is 10.3. The average molecular weight is 176 g/mol. The molecule has 0 aliphatic heterocycles. The molecular formula is C6H4F2NOS+. The molecule has 0 heterocycles. The molecule has 0 aliphatic rings. The summed E-state index contributed by atoms with van der Waals surface area (Å²) in [5, 5.41) is 0. The number of hydrogen-bond acceptors (Lipinski definition) is 1. The zero-order valence-electron chi connectivity index (χ0n) is 5.30. The molecule has 0 saturated carbocycles. The topological polar surface area (TPSA) is 29.1 Å². The highest BCUT2D eigenvalue weighted by atomic mass is 32.2. The van der Waals surface area contributed by atoms with Gasteiger partial charge in [0.2, 0.25) is 0 Å². The fourth-order valence-electron chi connectivity index (χ4n) is 0.661. The lowest BCUT2D eigenvalue weighted by Crippen LogP contribution is -1.90. The Hall–Kier alpha value is -1.10. The molecule has 1 aromatic carbocycles. The molecule has 1 rings (SSSR count). The molecule has 0 amide bonds. The van der Waals surface area contributed by atoms with E-state index in [-0.39, 0.29) is 17.5 Å². The smallest absolute Gasteiger partial charge is 0.207 e. The minimum Gasteiger partial charge on any atom is -0.207 e. The van der Waals surface area contributed by atoms with Crippen molar-refractivity contribution in [1.29, 1.82) is 0 Å². The van der Waals surface area contributed by atoms with Crippen LogP contribution >= 0.6 is 0 Å². The highest BCUT2D eigenvalue weighted by molar-refractivity contribution is 7.67. The number of anilines is 1. The first kappa shape index (κ1) is 8.00. The van der Waals surface area contributed by atoms with Crippen LogP contribution in [-0.4, -0.2) is 0 Å². The van der Waals surface area contributed by atoms with E-state index in [1.807, 2.05) is 0 Å². The van der Waals surface area contributed by atoms with E-state index in [1.165, 1.54) is 0 Å². The summed E-state index contributed by atoms with van der Waals surface area (Å²) in [5.74, 6) is -1.41. The van der Waals surface area contributed by atoms with Crippen LogP contribution < -0.4 is 4.72 Å². The highest BCUT2D eigenvalue weighted by Gasteiger charge is 2.03. The molecule has 0 saturated heterocycles. The summed E-state index contributed by atoms with van der Waals surface area (Å²) >= 11 is 0.0388. The molecule has 0 unspecified atom stereocenters. The van der Waals surface area contributed by atoms with Gasteiger partial charge in [-0.2, -0.15) is 0 Å². The monoisotopic (exact) mass is 176 g/mol. The molecule has 1 N–H and O–H groups in total. The van der Waals surface area contributed by atoms with E-state index in [1.54, 1.807) is 0 Å². The molecule has 0 bridgehead atoms. The van der Waals surface area contributed by atoms with Gasteiger partial charge < -0.3 is 0 Å². The quantitative estimate of drug-likeness (QED) is 0.539. The van der Waals surface area contributed by atoms with E-state index in [4.69, 9.17) is 0 Å². The van der Waals surface area contributed by atoms with Gasteiger partial charge in [0.1, 0.15) is 17.3 Å². The van der Waals surface area contributed by atoms with Crippen LogP contribution in [0.3, 0.4) is 0 Å². The van der Waals surface area contributed by atoms with Crippen LogP contribution in [0.1, 0.15) is 0 Å². The van der Waals surface area contributed by atoms with Crippen LogP contribution in [0.15, 0.2) is 18.2 Å². The minimum absolute atomic E-state index is 0.0388. The van der Waals surface area contributed by atoms with Gasteiger partial charge in [0, 0.05) is 18.2 Å². The predicted octanol–water partition coefficient (Wildman–Crippen LogP) is 1.72. The maximum Gasteiger partial charge on any atom is 0.624 e. The highest BCUT2D eigenvalue weighted by Crippen LogP contribution is 2.11. The van der Waals surface area contributed by atoms with E-state index in [2.05, 4.69) is 4.72 Å². The van der Waals surface area contributed by atoms with Crippen molar-refractivity contribution >= 4 is 17.5 Å². The van der Waals surface area contributed by atoms with E-state index in [0.29, 0.717) is 0 Å². The van der Waals surface area contributed by atoms with Crippen molar-refractivity contribution in [3.05, 3.63) is 29.8 Å². The largest absolute Gasteiger partial charge is 0.624 e. The Morgan fingerprint density at radius 2 is 1.73 bits per heavy atom. The van der Waals surface area contributed by atoms with Crippen LogP contribution in [0.4, 0.5) is 14.5 Å². The fourth-order valence-corrected chi connectivity index (χ4v) is 0.875. The molecule has 0 radical (unpaired) electrons. The van der Waals surface area contributed by atoms with Crippen LogP contribution in [0, 0.1) is 11.6 Å². The Balaban J connectivity index is 2.98. The lowest BCUT2D eigenvalue weighted by Gasteiger charge is -1.91. The number of hydrogen-bond donors (Lipinski definition) is 1. The SMILES string of the molecule is O=[S+]Nc1cc(F)cc(F)c1. The third kappa shape index (κ3) is 2.19. The van der Waals surface area contributed by atoms with Crippen LogP contribution in [0.5, 0.6) is 0 Å². The summed E-state index contributed by atoms with van der Waals surface area (Å²) in [5.41, 5.74) is 0.127. The van der Waals surface area contributed by atoms with Crippen LogP contribution in [-0.2, 0) is 16.1 Å². The molecule has 1 aromatic rings. The predicted molar refractivity (Wildman–Crippen MR) is 38.0 cm³/mol. The second kappa shape index (κ2) is 3.34. The van der Waals surface area contributed by atoms with Gasteiger partial charge in [-0.3, -0.25) is 0 Å². The molecular weight excluding hydrogens is 172 g/mol. The standard InChI is InChI=1S/C6H4F2NOS/c7-4-1-5(8)3-6(2-4)9-11-10/h1-3H,(H,9,10)/q+1. The molecule has 0 aromatic heterocycles. The summed E-state index contributed by atoms with van der Waals surface area (Å²) in [6.45, 7) is 0. The van der Waals surface area contributed by atoms with Crippen molar-refractivity contribution in [2.45, 2.75) is 0 Å². The van der Waals surface area contributed by atoms with E-state index < -0.39 is 11.6 Å². The van der Waals surface area contributed by atoms with Crippen molar-refractivity contribution in [3.63, 3.8) is 0 Å². The first-order valence-corrected chi connectivity index (χ1v) is 3.47. The van der Waals surface area contributed by atoms with Gasteiger partial charge in [-0.15, -0.1) is 0 Å². The van der Waals surface area contributed by atoms with Crippen molar-refractivity contribution in [2.75, 3.05) is 4.72 Å². The Kier molecular flexibility index (Phi) is 2.43. The average Bonchev–Trinajstić information content (AvgIpc) is 1.85. The summed E-state index contributed by atoms with van der Waals surface area (Å²) < 4.78 is 36.8. The van der Waals surface area contributed by atoms with Gasteiger partial charge in [0.05, 0.1) is 4.21 Å².